The van der Waals surface area contributed by atoms with Crippen molar-refractivity contribution in [2.45, 2.75) is 32.9 Å². The summed E-state index contributed by atoms with van der Waals surface area (Å²) in [7, 11) is 1.53. The highest BCUT2D eigenvalue weighted by molar-refractivity contribution is 5.86. The topological polar surface area (TPSA) is 79.6 Å². The zero-order chi connectivity index (χ0) is 15.9. The van der Waals surface area contributed by atoms with E-state index in [0.29, 0.717) is 18.9 Å². The number of hydrogen-bond donors (Lipinski definition) is 0. The van der Waals surface area contributed by atoms with Gasteiger partial charge in [-0.25, -0.2) is 9.78 Å². The smallest absolute Gasteiger partial charge is 0.374 e. The van der Waals surface area contributed by atoms with Gasteiger partial charge in [-0.05, 0) is 19.8 Å². The molecule has 1 saturated heterocycles. The predicted octanol–water partition coefficient (Wildman–Crippen LogP) is 1.20. The lowest BCUT2D eigenvalue weighted by Crippen LogP contribution is -2.24. The quantitative estimate of drug-likeness (QED) is 0.704. The van der Waals surface area contributed by atoms with Gasteiger partial charge in [-0.2, -0.15) is 0 Å². The Balaban J connectivity index is 2.08. The molecule has 0 amide bonds. The minimum Gasteiger partial charge on any atom is -0.460 e. The Morgan fingerprint density at radius 2 is 2.14 bits per heavy atom. The molecule has 1 aliphatic rings. The molecule has 0 bridgehead atoms. The first-order chi connectivity index (χ1) is 10.7. The lowest BCUT2D eigenvalue weighted by atomic mass is 9.93. The summed E-state index contributed by atoms with van der Waals surface area (Å²) in [5, 5.41) is 0. The van der Waals surface area contributed by atoms with E-state index >= 15 is 0 Å². The average Bonchev–Trinajstić information content (AvgIpc) is 2.91. The molecule has 1 aromatic heterocycles. The van der Waals surface area contributed by atoms with Gasteiger partial charge in [0, 0.05) is 32.4 Å². The fraction of sp³-hybridized carbons (Fsp3) is 0.667. The van der Waals surface area contributed by atoms with Crippen LogP contribution in [0.1, 0.15) is 36.1 Å². The number of Topliss-reactive ketones (excluding diaryl/α,β-unsaturated/α-hetero) is 1. The van der Waals surface area contributed by atoms with Crippen LogP contribution in [-0.4, -0.2) is 48.2 Å². The monoisotopic (exact) mass is 310 g/mol. The summed E-state index contributed by atoms with van der Waals surface area (Å²) >= 11 is 0. The normalized spacial score (nSPS) is 15.7. The number of esters is 1. The Hall–Kier alpha value is -1.73. The van der Waals surface area contributed by atoms with Crippen molar-refractivity contribution in [3.05, 3.63) is 17.7 Å². The number of imidazole rings is 1. The second-order valence-corrected chi connectivity index (χ2v) is 5.19. The Morgan fingerprint density at radius 3 is 2.77 bits per heavy atom. The number of nitrogens with zero attached hydrogens (tertiary/aromatic N) is 2. The molecule has 1 fully saturated rings. The van der Waals surface area contributed by atoms with Crippen molar-refractivity contribution in [2.24, 2.45) is 5.92 Å². The molecule has 1 aliphatic heterocycles. The summed E-state index contributed by atoms with van der Waals surface area (Å²) < 4.78 is 16.8. The van der Waals surface area contributed by atoms with Crippen molar-refractivity contribution in [1.82, 2.24) is 9.55 Å². The lowest BCUT2D eigenvalue weighted by molar-refractivity contribution is -0.125. The second kappa shape index (κ2) is 8.05. The van der Waals surface area contributed by atoms with Crippen molar-refractivity contribution in [3.8, 4) is 0 Å². The highest BCUT2D eigenvalue weighted by atomic mass is 16.5. The van der Waals surface area contributed by atoms with Crippen LogP contribution in [0, 0.1) is 5.92 Å². The van der Waals surface area contributed by atoms with Crippen LogP contribution in [0.4, 0.5) is 0 Å². The maximum atomic E-state index is 12.3. The van der Waals surface area contributed by atoms with Crippen LogP contribution in [0.5, 0.6) is 0 Å². The molecule has 0 radical (unpaired) electrons. The van der Waals surface area contributed by atoms with Gasteiger partial charge in [-0.15, -0.1) is 0 Å². The van der Waals surface area contributed by atoms with Gasteiger partial charge < -0.3 is 18.8 Å². The van der Waals surface area contributed by atoms with Crippen molar-refractivity contribution < 1.29 is 23.8 Å². The van der Waals surface area contributed by atoms with E-state index in [1.165, 1.54) is 7.11 Å². The van der Waals surface area contributed by atoms with Crippen LogP contribution >= 0.6 is 0 Å². The van der Waals surface area contributed by atoms with Crippen LogP contribution < -0.4 is 0 Å². The van der Waals surface area contributed by atoms with Crippen LogP contribution in [0.15, 0.2) is 6.20 Å². The van der Waals surface area contributed by atoms with E-state index in [1.807, 2.05) is 0 Å². The zero-order valence-corrected chi connectivity index (χ0v) is 13.0. The average molecular weight is 310 g/mol. The maximum Gasteiger partial charge on any atom is 0.374 e. The van der Waals surface area contributed by atoms with E-state index in [-0.39, 0.29) is 37.3 Å². The van der Waals surface area contributed by atoms with E-state index in [9.17, 15) is 9.59 Å². The Bertz CT molecular complexity index is 520. The molecular weight excluding hydrogens is 288 g/mol. The van der Waals surface area contributed by atoms with Gasteiger partial charge in [-0.3, -0.25) is 4.79 Å². The molecule has 0 aliphatic carbocycles. The molecular formula is C15H22N2O5. The van der Waals surface area contributed by atoms with Gasteiger partial charge >= 0.3 is 5.97 Å². The lowest BCUT2D eigenvalue weighted by Gasteiger charge is -2.20. The molecule has 7 heteroatoms. The standard InChI is InChI=1S/C15H22N2O5/c1-3-22-15(19)14-16-12(9-17(14)10-20-2)8-13(18)11-4-6-21-7-5-11/h9,11H,3-8,10H2,1-2H3. The molecule has 122 valence electrons. The van der Waals surface area contributed by atoms with E-state index in [1.54, 1.807) is 17.7 Å². The largest absolute Gasteiger partial charge is 0.460 e. The first-order valence-corrected chi connectivity index (χ1v) is 7.48. The van der Waals surface area contributed by atoms with Gasteiger partial charge in [0.2, 0.25) is 5.82 Å². The third-order valence-electron chi connectivity index (χ3n) is 3.58. The number of ether oxygens (including phenoxy) is 3. The van der Waals surface area contributed by atoms with E-state index in [4.69, 9.17) is 14.2 Å². The minimum atomic E-state index is -0.510. The van der Waals surface area contributed by atoms with Crippen LogP contribution in [0.2, 0.25) is 0 Å². The Morgan fingerprint density at radius 1 is 1.41 bits per heavy atom. The first-order valence-electron chi connectivity index (χ1n) is 7.48. The Labute approximate surface area is 129 Å². The highest BCUT2D eigenvalue weighted by Crippen LogP contribution is 2.18. The number of methoxy groups -OCH3 is 1. The number of rotatable bonds is 7. The minimum absolute atomic E-state index is 0.0207. The molecule has 1 aromatic rings. The molecule has 0 aromatic carbocycles. The first kappa shape index (κ1) is 16.6. The molecule has 0 unspecified atom stereocenters. The van der Waals surface area contributed by atoms with Crippen molar-refractivity contribution >= 4 is 11.8 Å². The van der Waals surface area contributed by atoms with Gasteiger partial charge in [0.05, 0.1) is 18.7 Å². The summed E-state index contributed by atoms with van der Waals surface area (Å²) in [6.07, 6.45) is 3.39. The molecule has 0 atom stereocenters. The summed E-state index contributed by atoms with van der Waals surface area (Å²) in [5.41, 5.74) is 0.566. The van der Waals surface area contributed by atoms with Crippen molar-refractivity contribution in [1.29, 1.82) is 0 Å². The molecule has 2 heterocycles. The fourth-order valence-corrected chi connectivity index (χ4v) is 2.49. The third-order valence-corrected chi connectivity index (χ3v) is 3.58. The molecule has 2 rings (SSSR count). The summed E-state index contributed by atoms with van der Waals surface area (Å²) in [5.74, 6) is -0.184. The number of ketones is 1. The zero-order valence-electron chi connectivity index (χ0n) is 13.0. The number of hydrogen-bond acceptors (Lipinski definition) is 6. The van der Waals surface area contributed by atoms with Crippen LogP contribution in [-0.2, 0) is 32.2 Å². The maximum absolute atomic E-state index is 12.3. The molecule has 22 heavy (non-hydrogen) atoms. The summed E-state index contributed by atoms with van der Waals surface area (Å²) in [4.78, 5) is 28.4. The van der Waals surface area contributed by atoms with Crippen molar-refractivity contribution in [2.75, 3.05) is 26.9 Å². The third kappa shape index (κ3) is 4.14. The van der Waals surface area contributed by atoms with Crippen LogP contribution in [0.25, 0.3) is 0 Å². The fourth-order valence-electron chi connectivity index (χ4n) is 2.49. The van der Waals surface area contributed by atoms with Gasteiger partial charge in [0.25, 0.3) is 0 Å². The van der Waals surface area contributed by atoms with Crippen molar-refractivity contribution in [3.63, 3.8) is 0 Å². The van der Waals surface area contributed by atoms with Gasteiger partial charge in [-0.1, -0.05) is 0 Å². The van der Waals surface area contributed by atoms with Gasteiger partial charge in [0.15, 0.2) is 0 Å². The van der Waals surface area contributed by atoms with Gasteiger partial charge in [0.1, 0.15) is 12.5 Å². The number of carbonyl (C=O) groups excluding carboxylic acids is 2. The van der Waals surface area contributed by atoms with E-state index in [0.717, 1.165) is 12.8 Å². The molecule has 0 spiro atoms. The predicted molar refractivity (Wildman–Crippen MR) is 77.4 cm³/mol. The second-order valence-electron chi connectivity index (χ2n) is 5.19. The van der Waals surface area contributed by atoms with E-state index < -0.39 is 5.97 Å². The molecule has 0 saturated carbocycles. The number of carbonyl (C=O) groups is 2. The number of aromatic nitrogens is 2. The van der Waals surface area contributed by atoms with Crippen LogP contribution in [0.3, 0.4) is 0 Å². The highest BCUT2D eigenvalue weighted by Gasteiger charge is 2.24. The molecule has 0 N–H and O–H groups in total. The Kier molecular flexibility index (Phi) is 6.09. The SMILES string of the molecule is CCOC(=O)c1nc(CC(=O)C2CCOCC2)cn1COC. The summed E-state index contributed by atoms with van der Waals surface area (Å²) in [6, 6.07) is 0. The summed E-state index contributed by atoms with van der Waals surface area (Å²) in [6.45, 7) is 3.45. The molecule has 7 nitrogen and oxygen atoms in total. The van der Waals surface area contributed by atoms with E-state index in [2.05, 4.69) is 4.98 Å².